The standard InChI is InChI=1S/C23H26N2/c1-16-13-14-17(2)20(15-16)22-21(18-9-5-3-6-10-18)24-23(25-22)19-11-7-4-8-12-19/h3,5-6,9-10,13-15,19H,4,7-8,11-12H2,1-2H3,(H,24,25). The molecule has 0 spiro atoms. The molecule has 4 rings (SSSR count). The van der Waals surface area contributed by atoms with Gasteiger partial charge in [-0.2, -0.15) is 0 Å². The van der Waals surface area contributed by atoms with Crippen molar-refractivity contribution in [2.75, 3.05) is 0 Å². The summed E-state index contributed by atoms with van der Waals surface area (Å²) in [4.78, 5) is 8.82. The summed E-state index contributed by atoms with van der Waals surface area (Å²) < 4.78 is 0. The molecule has 2 nitrogen and oxygen atoms in total. The Balaban J connectivity index is 1.86. The molecule has 0 amide bonds. The number of H-pyrrole nitrogens is 1. The van der Waals surface area contributed by atoms with Crippen LogP contribution < -0.4 is 0 Å². The van der Waals surface area contributed by atoms with E-state index in [1.807, 2.05) is 0 Å². The Morgan fingerprint density at radius 2 is 1.68 bits per heavy atom. The van der Waals surface area contributed by atoms with Gasteiger partial charge in [-0.05, 0) is 38.3 Å². The van der Waals surface area contributed by atoms with Gasteiger partial charge in [0.15, 0.2) is 0 Å². The summed E-state index contributed by atoms with van der Waals surface area (Å²) in [5, 5.41) is 0. The molecule has 1 heterocycles. The molecule has 0 unspecified atom stereocenters. The molecule has 25 heavy (non-hydrogen) atoms. The van der Waals surface area contributed by atoms with Gasteiger partial charge in [0.05, 0.1) is 11.4 Å². The molecule has 1 N–H and O–H groups in total. The lowest BCUT2D eigenvalue weighted by Crippen LogP contribution is -2.06. The van der Waals surface area contributed by atoms with E-state index < -0.39 is 0 Å². The van der Waals surface area contributed by atoms with Crippen LogP contribution in [0, 0.1) is 13.8 Å². The van der Waals surface area contributed by atoms with Gasteiger partial charge in [-0.3, -0.25) is 0 Å². The zero-order chi connectivity index (χ0) is 17.2. The van der Waals surface area contributed by atoms with E-state index in [9.17, 15) is 0 Å². The third-order valence-electron chi connectivity index (χ3n) is 5.42. The Morgan fingerprint density at radius 1 is 0.920 bits per heavy atom. The first-order valence-electron chi connectivity index (χ1n) is 9.45. The van der Waals surface area contributed by atoms with E-state index >= 15 is 0 Å². The largest absolute Gasteiger partial charge is 0.341 e. The van der Waals surface area contributed by atoms with Crippen molar-refractivity contribution < 1.29 is 0 Å². The summed E-state index contributed by atoms with van der Waals surface area (Å²) in [6, 6.07) is 17.2. The molecule has 2 aromatic carbocycles. The molecule has 0 radical (unpaired) electrons. The van der Waals surface area contributed by atoms with E-state index in [1.54, 1.807) is 0 Å². The Kier molecular flexibility index (Phi) is 4.44. The van der Waals surface area contributed by atoms with Crippen LogP contribution in [0.5, 0.6) is 0 Å². The second-order valence-corrected chi connectivity index (χ2v) is 7.36. The van der Waals surface area contributed by atoms with Crippen molar-refractivity contribution in [3.63, 3.8) is 0 Å². The molecule has 1 saturated carbocycles. The van der Waals surface area contributed by atoms with Crippen LogP contribution in [0.4, 0.5) is 0 Å². The number of aromatic amines is 1. The molecule has 1 aromatic heterocycles. The summed E-state index contributed by atoms with van der Waals surface area (Å²) in [7, 11) is 0. The minimum Gasteiger partial charge on any atom is -0.341 e. The van der Waals surface area contributed by atoms with E-state index in [0.717, 1.165) is 5.69 Å². The van der Waals surface area contributed by atoms with E-state index in [2.05, 4.69) is 67.4 Å². The first kappa shape index (κ1) is 16.1. The maximum absolute atomic E-state index is 5.10. The van der Waals surface area contributed by atoms with Crippen LogP contribution in [0.3, 0.4) is 0 Å². The fourth-order valence-electron chi connectivity index (χ4n) is 3.97. The van der Waals surface area contributed by atoms with Gasteiger partial charge in [-0.1, -0.05) is 67.3 Å². The molecule has 1 aliphatic carbocycles. The van der Waals surface area contributed by atoms with Crippen molar-refractivity contribution in [2.24, 2.45) is 0 Å². The van der Waals surface area contributed by atoms with Crippen LogP contribution in [0.1, 0.15) is 55.0 Å². The van der Waals surface area contributed by atoms with Crippen molar-refractivity contribution in [1.29, 1.82) is 0 Å². The smallest absolute Gasteiger partial charge is 0.110 e. The van der Waals surface area contributed by atoms with Gasteiger partial charge in [-0.15, -0.1) is 0 Å². The van der Waals surface area contributed by atoms with Crippen LogP contribution in [0.25, 0.3) is 22.5 Å². The topological polar surface area (TPSA) is 28.7 Å². The SMILES string of the molecule is Cc1ccc(C)c(-c2[nH]c(C3CCCCC3)nc2-c2ccccc2)c1. The highest BCUT2D eigenvalue weighted by Crippen LogP contribution is 2.37. The number of nitrogens with zero attached hydrogens (tertiary/aromatic N) is 1. The highest BCUT2D eigenvalue weighted by Gasteiger charge is 2.22. The summed E-state index contributed by atoms with van der Waals surface area (Å²) in [6.07, 6.45) is 6.53. The second-order valence-electron chi connectivity index (χ2n) is 7.36. The van der Waals surface area contributed by atoms with Crippen LogP contribution in [-0.4, -0.2) is 9.97 Å². The zero-order valence-electron chi connectivity index (χ0n) is 15.2. The van der Waals surface area contributed by atoms with Gasteiger partial charge >= 0.3 is 0 Å². The predicted octanol–water partition coefficient (Wildman–Crippen LogP) is 6.41. The van der Waals surface area contributed by atoms with Crippen LogP contribution in [0.15, 0.2) is 48.5 Å². The van der Waals surface area contributed by atoms with Gasteiger partial charge in [0.1, 0.15) is 5.82 Å². The van der Waals surface area contributed by atoms with Gasteiger partial charge < -0.3 is 4.98 Å². The Bertz CT molecular complexity index is 855. The van der Waals surface area contributed by atoms with E-state index in [-0.39, 0.29) is 0 Å². The minimum atomic E-state index is 0.579. The molecule has 128 valence electrons. The van der Waals surface area contributed by atoms with E-state index in [1.165, 1.54) is 65.9 Å². The Hall–Kier alpha value is -2.35. The maximum Gasteiger partial charge on any atom is 0.110 e. The average molecular weight is 330 g/mol. The van der Waals surface area contributed by atoms with E-state index in [0.29, 0.717) is 5.92 Å². The second kappa shape index (κ2) is 6.87. The monoisotopic (exact) mass is 330 g/mol. The molecular formula is C23H26N2. The van der Waals surface area contributed by atoms with E-state index in [4.69, 9.17) is 4.98 Å². The predicted molar refractivity (Wildman–Crippen MR) is 105 cm³/mol. The van der Waals surface area contributed by atoms with Gasteiger partial charge in [0.25, 0.3) is 0 Å². The summed E-state index contributed by atoms with van der Waals surface area (Å²) in [6.45, 7) is 4.34. The number of nitrogens with one attached hydrogen (secondary N) is 1. The Labute approximate surface area is 150 Å². The third-order valence-corrected chi connectivity index (χ3v) is 5.42. The molecule has 3 aromatic rings. The number of benzene rings is 2. The number of hydrogen-bond acceptors (Lipinski definition) is 1. The van der Waals surface area contributed by atoms with Gasteiger partial charge in [-0.25, -0.2) is 4.98 Å². The molecule has 0 saturated heterocycles. The first-order chi connectivity index (χ1) is 12.2. The number of imidazole rings is 1. The number of rotatable bonds is 3. The van der Waals surface area contributed by atoms with Crippen molar-refractivity contribution in [2.45, 2.75) is 51.9 Å². The van der Waals surface area contributed by atoms with Gasteiger partial charge in [0, 0.05) is 17.0 Å². The third kappa shape index (κ3) is 3.26. The quantitative estimate of drug-likeness (QED) is 0.590. The van der Waals surface area contributed by atoms with Crippen LogP contribution in [-0.2, 0) is 0 Å². The summed E-state index contributed by atoms with van der Waals surface area (Å²) in [5.41, 5.74) is 7.31. The molecule has 0 bridgehead atoms. The number of aromatic nitrogens is 2. The molecule has 1 fully saturated rings. The average Bonchev–Trinajstić information content (AvgIpc) is 3.10. The zero-order valence-corrected chi connectivity index (χ0v) is 15.2. The van der Waals surface area contributed by atoms with Gasteiger partial charge in [0.2, 0.25) is 0 Å². The number of aryl methyl sites for hydroxylation is 2. The lowest BCUT2D eigenvalue weighted by molar-refractivity contribution is 0.431. The minimum absolute atomic E-state index is 0.579. The highest BCUT2D eigenvalue weighted by atomic mass is 14.9. The fraction of sp³-hybridized carbons (Fsp3) is 0.348. The normalized spacial score (nSPS) is 15.4. The van der Waals surface area contributed by atoms with Crippen molar-refractivity contribution >= 4 is 0 Å². The highest BCUT2D eigenvalue weighted by molar-refractivity contribution is 5.80. The summed E-state index contributed by atoms with van der Waals surface area (Å²) >= 11 is 0. The fourth-order valence-corrected chi connectivity index (χ4v) is 3.97. The molecule has 2 heteroatoms. The van der Waals surface area contributed by atoms with Crippen molar-refractivity contribution in [3.05, 3.63) is 65.5 Å². The van der Waals surface area contributed by atoms with Crippen LogP contribution >= 0.6 is 0 Å². The van der Waals surface area contributed by atoms with Crippen LogP contribution in [0.2, 0.25) is 0 Å². The van der Waals surface area contributed by atoms with Crippen molar-refractivity contribution in [1.82, 2.24) is 9.97 Å². The summed E-state index contributed by atoms with van der Waals surface area (Å²) in [5.74, 6) is 1.75. The molecular weight excluding hydrogens is 304 g/mol. The first-order valence-corrected chi connectivity index (χ1v) is 9.45. The number of hydrogen-bond donors (Lipinski definition) is 1. The maximum atomic E-state index is 5.10. The molecule has 1 aliphatic rings. The van der Waals surface area contributed by atoms with Crippen molar-refractivity contribution in [3.8, 4) is 22.5 Å². The molecule has 0 atom stereocenters. The lowest BCUT2D eigenvalue weighted by Gasteiger charge is -2.19. The molecule has 0 aliphatic heterocycles. The Morgan fingerprint density at radius 3 is 2.44 bits per heavy atom. The lowest BCUT2D eigenvalue weighted by atomic mass is 9.89.